The predicted molar refractivity (Wildman–Crippen MR) is 80.1 cm³/mol. The topological polar surface area (TPSA) is 98.4 Å². The Bertz CT molecular complexity index is 478. The molecule has 1 aliphatic heterocycles. The third-order valence-corrected chi connectivity index (χ3v) is 3.18. The molecule has 1 atom stereocenters. The lowest BCUT2D eigenvalue weighted by Gasteiger charge is -2.33. The van der Waals surface area contributed by atoms with Crippen LogP contribution in [0.1, 0.15) is 37.0 Å². The van der Waals surface area contributed by atoms with Crippen LogP contribution in [0.2, 0.25) is 0 Å². The van der Waals surface area contributed by atoms with Crippen molar-refractivity contribution in [1.29, 1.82) is 0 Å². The number of nitrogen functional groups attached to an aromatic ring is 1. The summed E-state index contributed by atoms with van der Waals surface area (Å²) in [5.74, 6) is -1.22. The summed E-state index contributed by atoms with van der Waals surface area (Å²) in [4.78, 5) is 12.9. The average molecular weight is 282 g/mol. The van der Waals surface area contributed by atoms with Crippen LogP contribution >= 0.6 is 0 Å². The van der Waals surface area contributed by atoms with E-state index in [0.29, 0.717) is 12.2 Å². The number of anilines is 2. The zero-order valence-electron chi connectivity index (χ0n) is 12.0. The van der Waals surface area contributed by atoms with Gasteiger partial charge in [-0.05, 0) is 25.0 Å². The number of rotatable bonds is 2. The summed E-state index contributed by atoms with van der Waals surface area (Å²) in [7, 11) is 0. The molecular formula is C14H23FN4O. The molecule has 0 radical (unpaired) electrons. The maximum atomic E-state index is 14.0. The Morgan fingerprint density at radius 3 is 2.60 bits per heavy atom. The van der Waals surface area contributed by atoms with E-state index in [4.69, 9.17) is 17.2 Å². The van der Waals surface area contributed by atoms with E-state index in [0.717, 1.165) is 25.5 Å². The van der Waals surface area contributed by atoms with Crippen LogP contribution in [0.3, 0.4) is 0 Å². The highest BCUT2D eigenvalue weighted by molar-refractivity contribution is 5.98. The molecule has 6 N–H and O–H groups in total. The molecule has 2 rings (SSSR count). The van der Waals surface area contributed by atoms with Crippen LogP contribution in [-0.4, -0.2) is 25.0 Å². The van der Waals surface area contributed by atoms with Crippen LogP contribution in [0.15, 0.2) is 12.1 Å². The third kappa shape index (κ3) is 3.60. The van der Waals surface area contributed by atoms with Crippen molar-refractivity contribution >= 4 is 17.3 Å². The molecule has 0 saturated carbocycles. The average Bonchev–Trinajstić information content (AvgIpc) is 2.43. The molecule has 0 bridgehead atoms. The van der Waals surface area contributed by atoms with Gasteiger partial charge in [0.2, 0.25) is 0 Å². The molecule has 0 aromatic heterocycles. The molecule has 1 aromatic carbocycles. The monoisotopic (exact) mass is 282 g/mol. The predicted octanol–water partition coefficient (Wildman–Crippen LogP) is 1.46. The van der Waals surface area contributed by atoms with Gasteiger partial charge in [-0.1, -0.05) is 13.8 Å². The van der Waals surface area contributed by atoms with Crippen molar-refractivity contribution < 1.29 is 9.18 Å². The number of nitrogens with two attached hydrogens (primary N) is 3. The number of carbonyl (C=O) groups is 1. The third-order valence-electron chi connectivity index (χ3n) is 3.18. The van der Waals surface area contributed by atoms with Gasteiger partial charge in [0.05, 0.1) is 11.3 Å². The van der Waals surface area contributed by atoms with Gasteiger partial charge in [-0.3, -0.25) is 4.79 Å². The van der Waals surface area contributed by atoms with Crippen LogP contribution in [0.5, 0.6) is 0 Å². The van der Waals surface area contributed by atoms with Crippen molar-refractivity contribution in [3.63, 3.8) is 0 Å². The Labute approximate surface area is 118 Å². The van der Waals surface area contributed by atoms with E-state index in [-0.39, 0.29) is 17.3 Å². The zero-order chi connectivity index (χ0) is 15.3. The summed E-state index contributed by atoms with van der Waals surface area (Å²) in [6, 6.07) is 2.58. The molecular weight excluding hydrogens is 259 g/mol. The fourth-order valence-electron chi connectivity index (χ4n) is 2.26. The summed E-state index contributed by atoms with van der Waals surface area (Å²) >= 11 is 0. The normalized spacial score (nSPS) is 18.2. The first-order valence-electron chi connectivity index (χ1n) is 6.88. The summed E-state index contributed by atoms with van der Waals surface area (Å²) in [6.07, 6.45) is 1.85. The first-order valence-corrected chi connectivity index (χ1v) is 6.88. The van der Waals surface area contributed by atoms with E-state index < -0.39 is 11.7 Å². The molecule has 0 spiro atoms. The minimum atomic E-state index is -0.728. The van der Waals surface area contributed by atoms with Gasteiger partial charge in [0.1, 0.15) is 5.82 Å². The molecule has 6 heteroatoms. The number of carbonyl (C=O) groups excluding carboxylic acids is 1. The molecule has 1 saturated heterocycles. The Hall–Kier alpha value is -1.82. The van der Waals surface area contributed by atoms with E-state index in [1.807, 2.05) is 18.7 Å². The Balaban J connectivity index is 0.000000956. The zero-order valence-corrected chi connectivity index (χ0v) is 12.0. The minimum absolute atomic E-state index is 0.0116. The lowest BCUT2D eigenvalue weighted by molar-refractivity contribution is 0.100. The van der Waals surface area contributed by atoms with E-state index in [1.54, 1.807) is 0 Å². The van der Waals surface area contributed by atoms with E-state index in [1.165, 1.54) is 6.07 Å². The number of nitrogens with zero attached hydrogens (tertiary/aromatic N) is 1. The highest BCUT2D eigenvalue weighted by Crippen LogP contribution is 2.27. The first-order chi connectivity index (χ1) is 9.49. The largest absolute Gasteiger partial charge is 0.398 e. The molecule has 1 heterocycles. The minimum Gasteiger partial charge on any atom is -0.398 e. The number of hydrogen-bond donors (Lipinski definition) is 3. The van der Waals surface area contributed by atoms with Gasteiger partial charge in [0, 0.05) is 24.8 Å². The van der Waals surface area contributed by atoms with Gasteiger partial charge in [-0.15, -0.1) is 0 Å². The van der Waals surface area contributed by atoms with Crippen LogP contribution in [0, 0.1) is 5.82 Å². The molecule has 20 heavy (non-hydrogen) atoms. The van der Waals surface area contributed by atoms with E-state index in [2.05, 4.69) is 0 Å². The number of amides is 1. The summed E-state index contributed by atoms with van der Waals surface area (Å²) in [5.41, 5.74) is 17.3. The summed E-state index contributed by atoms with van der Waals surface area (Å²) < 4.78 is 14.0. The van der Waals surface area contributed by atoms with Gasteiger partial charge in [0.25, 0.3) is 5.91 Å². The fraction of sp³-hybridized carbons (Fsp3) is 0.500. The van der Waals surface area contributed by atoms with Crippen molar-refractivity contribution in [1.82, 2.24) is 0 Å². The van der Waals surface area contributed by atoms with Gasteiger partial charge in [-0.25, -0.2) is 4.39 Å². The fourth-order valence-corrected chi connectivity index (χ4v) is 2.26. The van der Waals surface area contributed by atoms with Crippen molar-refractivity contribution in [3.8, 4) is 0 Å². The van der Waals surface area contributed by atoms with Crippen molar-refractivity contribution in [2.75, 3.05) is 23.7 Å². The molecule has 5 nitrogen and oxygen atoms in total. The number of hydrogen-bond acceptors (Lipinski definition) is 4. The van der Waals surface area contributed by atoms with Crippen molar-refractivity contribution in [2.45, 2.75) is 32.7 Å². The first kappa shape index (κ1) is 16.2. The summed E-state index contributed by atoms with van der Waals surface area (Å²) in [6.45, 7) is 5.33. The molecule has 1 amide bonds. The second kappa shape index (κ2) is 7.09. The second-order valence-corrected chi connectivity index (χ2v) is 4.60. The van der Waals surface area contributed by atoms with Crippen LogP contribution in [0.25, 0.3) is 0 Å². The molecule has 1 aliphatic rings. The Kier molecular flexibility index (Phi) is 5.76. The van der Waals surface area contributed by atoms with Crippen LogP contribution in [0.4, 0.5) is 15.8 Å². The van der Waals surface area contributed by atoms with Gasteiger partial charge < -0.3 is 22.1 Å². The Morgan fingerprint density at radius 1 is 1.40 bits per heavy atom. The van der Waals surface area contributed by atoms with Crippen molar-refractivity contribution in [3.05, 3.63) is 23.5 Å². The van der Waals surface area contributed by atoms with Gasteiger partial charge in [0.15, 0.2) is 0 Å². The maximum Gasteiger partial charge on any atom is 0.250 e. The lowest BCUT2D eigenvalue weighted by atomic mass is 10.0. The van der Waals surface area contributed by atoms with Crippen LogP contribution in [-0.2, 0) is 0 Å². The highest BCUT2D eigenvalue weighted by Gasteiger charge is 2.21. The quantitative estimate of drug-likeness (QED) is 0.715. The number of primary amides is 1. The SMILES string of the molecule is CC.NC(=O)c1cc(F)c(N2CCCC(N)C2)cc1N. The van der Waals surface area contributed by atoms with E-state index in [9.17, 15) is 9.18 Å². The van der Waals surface area contributed by atoms with Crippen LogP contribution < -0.4 is 22.1 Å². The molecule has 0 aliphatic carbocycles. The van der Waals surface area contributed by atoms with E-state index >= 15 is 0 Å². The van der Waals surface area contributed by atoms with Crippen molar-refractivity contribution in [2.24, 2.45) is 11.5 Å². The number of halogens is 1. The standard InChI is InChI=1S/C12H17FN4O.C2H6/c13-9-4-8(12(16)18)10(15)5-11(9)17-3-1-2-7(14)6-17;1-2/h4-5,7H,1-3,6,14-15H2,(H2,16,18);1-2H3. The van der Waals surface area contributed by atoms with Gasteiger partial charge >= 0.3 is 0 Å². The summed E-state index contributed by atoms with van der Waals surface area (Å²) in [5, 5.41) is 0. The number of benzene rings is 1. The molecule has 1 unspecified atom stereocenters. The Morgan fingerprint density at radius 2 is 2.05 bits per heavy atom. The number of piperidine rings is 1. The lowest BCUT2D eigenvalue weighted by Crippen LogP contribution is -2.43. The molecule has 1 fully saturated rings. The second-order valence-electron chi connectivity index (χ2n) is 4.60. The molecule has 1 aromatic rings. The molecule has 112 valence electrons. The maximum absolute atomic E-state index is 14.0. The van der Waals surface area contributed by atoms with Gasteiger partial charge in [-0.2, -0.15) is 0 Å². The smallest absolute Gasteiger partial charge is 0.250 e. The highest BCUT2D eigenvalue weighted by atomic mass is 19.1.